The summed E-state index contributed by atoms with van der Waals surface area (Å²) in [5.41, 5.74) is 9.65. The molecule has 2 aliphatic rings. The van der Waals surface area contributed by atoms with Crippen molar-refractivity contribution >= 4 is 11.6 Å². The van der Waals surface area contributed by atoms with Gasteiger partial charge in [0.25, 0.3) is 0 Å². The molecule has 2 fully saturated rings. The van der Waals surface area contributed by atoms with E-state index in [1.165, 1.54) is 31.5 Å². The van der Waals surface area contributed by atoms with Crippen molar-refractivity contribution in [3.05, 3.63) is 65.7 Å². The number of hydrogen-bond acceptors (Lipinski definition) is 4. The lowest BCUT2D eigenvalue weighted by molar-refractivity contribution is -0.119. The van der Waals surface area contributed by atoms with Gasteiger partial charge in [-0.2, -0.15) is 0 Å². The number of nitrogens with one attached hydrogen (secondary N) is 3. The fraction of sp³-hybridized carbons (Fsp3) is 0.435. The molecule has 3 unspecified atom stereocenters. The van der Waals surface area contributed by atoms with Gasteiger partial charge in [0, 0.05) is 25.3 Å². The van der Waals surface area contributed by atoms with Crippen LogP contribution in [-0.2, 0) is 11.3 Å². The topological polar surface area (TPSA) is 56.4 Å². The summed E-state index contributed by atoms with van der Waals surface area (Å²) in [6.07, 6.45) is 2.64. The molecule has 0 aliphatic carbocycles. The van der Waals surface area contributed by atoms with E-state index in [4.69, 9.17) is 0 Å². The molecule has 0 bridgehead atoms. The molecule has 4 rings (SSSR count). The van der Waals surface area contributed by atoms with Crippen molar-refractivity contribution in [2.24, 2.45) is 11.8 Å². The van der Waals surface area contributed by atoms with Gasteiger partial charge < -0.3 is 5.32 Å². The van der Waals surface area contributed by atoms with Crippen LogP contribution in [0.25, 0.3) is 0 Å². The smallest absolute Gasteiger partial charge is 0.230 e. The first-order valence-electron chi connectivity index (χ1n) is 10.3. The largest absolute Gasteiger partial charge is 0.326 e. The van der Waals surface area contributed by atoms with Gasteiger partial charge in [-0.1, -0.05) is 49.4 Å². The summed E-state index contributed by atoms with van der Waals surface area (Å²) >= 11 is 0. The Hall–Kier alpha value is -2.21. The summed E-state index contributed by atoms with van der Waals surface area (Å²) in [5, 5.41) is 3.09. The zero-order valence-electron chi connectivity index (χ0n) is 16.5. The Kier molecular flexibility index (Phi) is 6.05. The molecule has 3 N–H and O–H groups in total. The van der Waals surface area contributed by atoms with Crippen LogP contribution in [0.1, 0.15) is 36.9 Å². The van der Waals surface area contributed by atoms with Crippen LogP contribution >= 0.6 is 0 Å². The van der Waals surface area contributed by atoms with Crippen molar-refractivity contribution in [3.63, 3.8) is 0 Å². The van der Waals surface area contributed by atoms with Gasteiger partial charge in [0.1, 0.15) is 0 Å². The monoisotopic (exact) mass is 378 g/mol. The molecular weight excluding hydrogens is 348 g/mol. The lowest BCUT2D eigenvalue weighted by Gasteiger charge is -2.30. The Labute approximate surface area is 167 Å². The molecule has 2 aromatic carbocycles. The Bertz CT molecular complexity index is 777. The maximum absolute atomic E-state index is 12.8. The van der Waals surface area contributed by atoms with Crippen LogP contribution in [0.15, 0.2) is 54.6 Å². The highest BCUT2D eigenvalue weighted by Crippen LogP contribution is 2.26. The number of piperidine rings is 1. The highest BCUT2D eigenvalue weighted by atomic mass is 16.2. The Morgan fingerprint density at radius 1 is 1.14 bits per heavy atom. The second kappa shape index (κ2) is 8.86. The summed E-state index contributed by atoms with van der Waals surface area (Å²) in [4.78, 5) is 15.4. The van der Waals surface area contributed by atoms with Gasteiger partial charge in [0.2, 0.25) is 5.91 Å². The summed E-state index contributed by atoms with van der Waals surface area (Å²) < 4.78 is 0. The van der Waals surface area contributed by atoms with Gasteiger partial charge in [-0.05, 0) is 48.6 Å². The molecule has 0 saturated carbocycles. The molecule has 2 saturated heterocycles. The number of amides is 1. The number of benzene rings is 2. The van der Waals surface area contributed by atoms with Crippen molar-refractivity contribution < 1.29 is 4.79 Å². The minimum atomic E-state index is -0.142. The van der Waals surface area contributed by atoms with E-state index in [1.54, 1.807) is 0 Å². The van der Waals surface area contributed by atoms with E-state index in [1.807, 2.05) is 30.3 Å². The van der Waals surface area contributed by atoms with Gasteiger partial charge in [-0.15, -0.1) is 0 Å². The van der Waals surface area contributed by atoms with Crippen LogP contribution in [0, 0.1) is 11.8 Å². The lowest BCUT2D eigenvalue weighted by Crippen LogP contribution is -2.33. The average Bonchev–Trinajstić information content (AvgIpc) is 3.20. The maximum Gasteiger partial charge on any atom is 0.230 e. The summed E-state index contributed by atoms with van der Waals surface area (Å²) in [5.74, 6) is 0.694. The standard InChI is InChI=1S/C23H30N4O/c1-17-6-5-13-27(15-17)16-18-9-11-20(12-10-18)25-23(28)21-14-24-26-22(21)19-7-3-2-4-8-19/h2-4,7-12,17,21-22,24,26H,5-6,13-16H2,1H3,(H,25,28). The van der Waals surface area contributed by atoms with Crippen molar-refractivity contribution in [1.29, 1.82) is 0 Å². The van der Waals surface area contributed by atoms with E-state index in [0.29, 0.717) is 6.54 Å². The zero-order valence-corrected chi connectivity index (χ0v) is 16.5. The highest BCUT2D eigenvalue weighted by molar-refractivity contribution is 5.93. The molecule has 2 aromatic rings. The first-order valence-corrected chi connectivity index (χ1v) is 10.3. The minimum absolute atomic E-state index is 0.0124. The quantitative estimate of drug-likeness (QED) is 0.747. The summed E-state index contributed by atoms with van der Waals surface area (Å²) in [6.45, 7) is 6.31. The van der Waals surface area contributed by atoms with Crippen LogP contribution < -0.4 is 16.2 Å². The highest BCUT2D eigenvalue weighted by Gasteiger charge is 2.33. The molecule has 2 heterocycles. The number of nitrogens with zero attached hydrogens (tertiary/aromatic N) is 1. The molecule has 148 valence electrons. The number of hydrogen-bond donors (Lipinski definition) is 3. The third-order valence-electron chi connectivity index (χ3n) is 5.85. The van der Waals surface area contributed by atoms with E-state index in [0.717, 1.165) is 23.7 Å². The molecule has 0 aromatic heterocycles. The molecule has 1 amide bonds. The second-order valence-corrected chi connectivity index (χ2v) is 8.19. The average molecular weight is 379 g/mol. The molecule has 3 atom stereocenters. The Morgan fingerprint density at radius 3 is 2.68 bits per heavy atom. The summed E-state index contributed by atoms with van der Waals surface area (Å²) in [6, 6.07) is 18.4. The number of likely N-dealkylation sites (tertiary alicyclic amines) is 1. The molecule has 2 aliphatic heterocycles. The van der Waals surface area contributed by atoms with Gasteiger partial charge in [0.05, 0.1) is 12.0 Å². The molecule has 28 heavy (non-hydrogen) atoms. The molecule has 0 radical (unpaired) electrons. The number of anilines is 1. The predicted octanol–water partition coefficient (Wildman–Crippen LogP) is 3.32. The molecule has 5 heteroatoms. The van der Waals surface area contributed by atoms with Crippen LogP contribution in [0.2, 0.25) is 0 Å². The van der Waals surface area contributed by atoms with Crippen LogP contribution in [0.3, 0.4) is 0 Å². The van der Waals surface area contributed by atoms with Crippen molar-refractivity contribution in [3.8, 4) is 0 Å². The maximum atomic E-state index is 12.8. The number of carbonyl (C=O) groups excluding carboxylic acids is 1. The SMILES string of the molecule is CC1CCCN(Cc2ccc(NC(=O)C3CNNC3c3ccccc3)cc2)C1. The zero-order chi connectivity index (χ0) is 19.3. The van der Waals surface area contributed by atoms with Gasteiger partial charge in [-0.25, -0.2) is 5.43 Å². The number of hydrazine groups is 1. The fourth-order valence-electron chi connectivity index (χ4n) is 4.33. The van der Waals surface area contributed by atoms with Gasteiger partial charge >= 0.3 is 0 Å². The number of rotatable bonds is 5. The number of carbonyl (C=O) groups is 1. The second-order valence-electron chi connectivity index (χ2n) is 8.19. The van der Waals surface area contributed by atoms with E-state index >= 15 is 0 Å². The van der Waals surface area contributed by atoms with E-state index in [-0.39, 0.29) is 17.9 Å². The normalized spacial score (nSPS) is 25.5. The lowest BCUT2D eigenvalue weighted by atomic mass is 9.94. The molecule has 5 nitrogen and oxygen atoms in total. The van der Waals surface area contributed by atoms with Crippen molar-refractivity contribution in [2.75, 3.05) is 25.0 Å². The van der Waals surface area contributed by atoms with Crippen molar-refractivity contribution in [2.45, 2.75) is 32.4 Å². The molecular formula is C23H30N4O. The third-order valence-corrected chi connectivity index (χ3v) is 5.85. The first kappa shape index (κ1) is 19.1. The van der Waals surface area contributed by atoms with Gasteiger partial charge in [0.15, 0.2) is 0 Å². The first-order chi connectivity index (χ1) is 13.7. The van der Waals surface area contributed by atoms with Crippen LogP contribution in [-0.4, -0.2) is 30.4 Å². The Morgan fingerprint density at radius 2 is 1.93 bits per heavy atom. The van der Waals surface area contributed by atoms with Crippen molar-refractivity contribution in [1.82, 2.24) is 15.8 Å². The van der Waals surface area contributed by atoms with Gasteiger partial charge in [-0.3, -0.25) is 15.1 Å². The third kappa shape index (κ3) is 4.61. The van der Waals surface area contributed by atoms with E-state index in [9.17, 15) is 4.79 Å². The summed E-state index contributed by atoms with van der Waals surface area (Å²) in [7, 11) is 0. The Balaban J connectivity index is 1.35. The fourth-order valence-corrected chi connectivity index (χ4v) is 4.33. The predicted molar refractivity (Wildman–Crippen MR) is 113 cm³/mol. The van der Waals surface area contributed by atoms with E-state index in [2.05, 4.69) is 52.3 Å². The minimum Gasteiger partial charge on any atom is -0.326 e. The van der Waals surface area contributed by atoms with E-state index < -0.39 is 0 Å². The van der Waals surface area contributed by atoms with Crippen LogP contribution in [0.4, 0.5) is 5.69 Å². The molecule has 0 spiro atoms. The van der Waals surface area contributed by atoms with Crippen LogP contribution in [0.5, 0.6) is 0 Å².